The molecule has 1 saturated carbocycles. The van der Waals surface area contributed by atoms with Gasteiger partial charge in [0.05, 0.1) is 51.3 Å². The van der Waals surface area contributed by atoms with E-state index in [2.05, 4.69) is 0 Å². The molecular weight excluding hydrogens is 648 g/mol. The zero-order chi connectivity index (χ0) is 35.4. The van der Waals surface area contributed by atoms with Crippen LogP contribution in [0.15, 0.2) is 121 Å². The van der Waals surface area contributed by atoms with Crippen molar-refractivity contribution in [2.24, 2.45) is 11.8 Å². The van der Waals surface area contributed by atoms with Crippen molar-refractivity contribution in [3.8, 4) is 0 Å². The SMILES string of the molecule is OC[C@H]1[C@H](C[C@H]2O[C@H](COCc3ccccc3)[C@@H](OCc3ccccc3)[C@H](OCc3ccccc3)[C@H]2OCc2ccccc2)C[C@@H](O)[C@@H](O)[C@H]1O. The topological polar surface area (TPSA) is 127 Å². The van der Waals surface area contributed by atoms with E-state index >= 15 is 0 Å². The predicted molar refractivity (Wildman–Crippen MR) is 191 cm³/mol. The maximum absolute atomic E-state index is 10.9. The van der Waals surface area contributed by atoms with Crippen LogP contribution >= 0.6 is 0 Å². The number of aliphatic hydroxyl groups is 4. The van der Waals surface area contributed by atoms with E-state index in [1.165, 1.54) is 0 Å². The summed E-state index contributed by atoms with van der Waals surface area (Å²) in [7, 11) is 0. The summed E-state index contributed by atoms with van der Waals surface area (Å²) in [5, 5.41) is 42.4. The van der Waals surface area contributed by atoms with Gasteiger partial charge in [-0.3, -0.25) is 0 Å². The fourth-order valence-electron chi connectivity index (χ4n) is 7.29. The van der Waals surface area contributed by atoms with Gasteiger partial charge >= 0.3 is 0 Å². The van der Waals surface area contributed by atoms with Gasteiger partial charge in [-0.15, -0.1) is 0 Å². The molecule has 4 N–H and O–H groups in total. The maximum atomic E-state index is 10.9. The molecule has 10 atom stereocenters. The van der Waals surface area contributed by atoms with Crippen LogP contribution in [0.4, 0.5) is 0 Å². The first kappa shape index (κ1) is 37.3. The van der Waals surface area contributed by atoms with Crippen LogP contribution in [0.3, 0.4) is 0 Å². The number of benzene rings is 4. The summed E-state index contributed by atoms with van der Waals surface area (Å²) in [4.78, 5) is 0. The van der Waals surface area contributed by atoms with E-state index in [4.69, 9.17) is 23.7 Å². The molecule has 4 aromatic rings. The minimum atomic E-state index is -1.34. The Morgan fingerprint density at radius 2 is 0.961 bits per heavy atom. The number of ether oxygens (including phenoxy) is 5. The molecule has 1 aliphatic carbocycles. The van der Waals surface area contributed by atoms with Gasteiger partial charge in [0.15, 0.2) is 0 Å². The molecule has 51 heavy (non-hydrogen) atoms. The summed E-state index contributed by atoms with van der Waals surface area (Å²) in [5.41, 5.74) is 4.01. The van der Waals surface area contributed by atoms with Gasteiger partial charge in [0.1, 0.15) is 30.5 Å². The molecule has 1 heterocycles. The molecule has 0 amide bonds. The van der Waals surface area contributed by atoms with Crippen molar-refractivity contribution in [1.29, 1.82) is 0 Å². The van der Waals surface area contributed by atoms with E-state index < -0.39 is 54.7 Å². The average Bonchev–Trinajstić information content (AvgIpc) is 3.17. The number of hydrogen-bond acceptors (Lipinski definition) is 9. The Bertz CT molecular complexity index is 1540. The summed E-state index contributed by atoms with van der Waals surface area (Å²) in [6.07, 6.45) is -6.26. The van der Waals surface area contributed by atoms with Crippen LogP contribution in [0.5, 0.6) is 0 Å². The van der Waals surface area contributed by atoms with E-state index in [0.717, 1.165) is 22.3 Å². The van der Waals surface area contributed by atoms with Crippen LogP contribution in [-0.2, 0) is 50.1 Å². The zero-order valence-corrected chi connectivity index (χ0v) is 28.8. The van der Waals surface area contributed by atoms with Crippen LogP contribution in [0.2, 0.25) is 0 Å². The van der Waals surface area contributed by atoms with Gasteiger partial charge in [0, 0.05) is 12.5 Å². The van der Waals surface area contributed by atoms with Crippen molar-refractivity contribution >= 4 is 0 Å². The molecule has 272 valence electrons. The molecule has 0 bridgehead atoms. The van der Waals surface area contributed by atoms with Gasteiger partial charge in [-0.2, -0.15) is 0 Å². The highest BCUT2D eigenvalue weighted by molar-refractivity contribution is 5.16. The van der Waals surface area contributed by atoms with Gasteiger partial charge in [0.25, 0.3) is 0 Å². The summed E-state index contributed by atoms with van der Waals surface area (Å²) in [6, 6.07) is 39.7. The molecule has 1 saturated heterocycles. The summed E-state index contributed by atoms with van der Waals surface area (Å²) >= 11 is 0. The van der Waals surface area contributed by atoms with Crippen LogP contribution in [0.1, 0.15) is 35.1 Å². The van der Waals surface area contributed by atoms with Crippen LogP contribution in [0, 0.1) is 11.8 Å². The second-order valence-corrected chi connectivity index (χ2v) is 13.6. The Morgan fingerprint density at radius 1 is 0.529 bits per heavy atom. The van der Waals surface area contributed by atoms with E-state index in [0.29, 0.717) is 26.2 Å². The molecule has 4 aromatic carbocycles. The lowest BCUT2D eigenvalue weighted by molar-refractivity contribution is -0.277. The van der Waals surface area contributed by atoms with Gasteiger partial charge in [0.2, 0.25) is 0 Å². The Kier molecular flexibility index (Phi) is 13.8. The standard InChI is InChI=1S/C42H50O9/c43-23-34-33(21-35(44)39(46)38(34)45)22-36-40(48-25-30-15-7-2-8-16-30)42(50-27-32-19-11-4-12-20-32)41(49-26-31-17-9-3-10-18-31)37(51-36)28-47-24-29-13-5-1-6-14-29/h1-20,33-46H,21-28H2/t33-,34-,35+,36+,37+,38-,39+,40-,41+,42+/m0/s1. The summed E-state index contributed by atoms with van der Waals surface area (Å²) < 4.78 is 33.6. The molecule has 2 aliphatic rings. The molecule has 0 unspecified atom stereocenters. The Balaban J connectivity index is 1.33. The molecule has 6 rings (SSSR count). The van der Waals surface area contributed by atoms with E-state index in [1.807, 2.05) is 121 Å². The Hall–Kier alpha value is -3.48. The molecule has 1 aliphatic heterocycles. The summed E-state index contributed by atoms with van der Waals surface area (Å²) in [5.74, 6) is -1.04. The molecule has 9 nitrogen and oxygen atoms in total. The normalized spacial score (nSPS) is 29.5. The van der Waals surface area contributed by atoms with Crippen molar-refractivity contribution in [2.75, 3.05) is 13.2 Å². The minimum Gasteiger partial charge on any atom is -0.396 e. The lowest BCUT2D eigenvalue weighted by atomic mass is 9.71. The Labute approximate surface area is 300 Å². The van der Waals surface area contributed by atoms with Crippen molar-refractivity contribution in [1.82, 2.24) is 0 Å². The van der Waals surface area contributed by atoms with E-state index in [-0.39, 0.29) is 32.2 Å². The van der Waals surface area contributed by atoms with Crippen molar-refractivity contribution in [3.63, 3.8) is 0 Å². The second kappa shape index (κ2) is 18.8. The fraction of sp³-hybridized carbons (Fsp3) is 0.429. The molecule has 0 spiro atoms. The lowest BCUT2D eigenvalue weighted by Crippen LogP contribution is -2.62. The van der Waals surface area contributed by atoms with Crippen LogP contribution in [-0.4, -0.2) is 82.5 Å². The third kappa shape index (κ3) is 10.1. The summed E-state index contributed by atoms with van der Waals surface area (Å²) in [6.45, 7) is 1.15. The predicted octanol–water partition coefficient (Wildman–Crippen LogP) is 4.83. The highest BCUT2D eigenvalue weighted by atomic mass is 16.6. The lowest BCUT2D eigenvalue weighted by Gasteiger charge is -2.48. The van der Waals surface area contributed by atoms with Gasteiger partial charge < -0.3 is 44.1 Å². The zero-order valence-electron chi connectivity index (χ0n) is 28.8. The first-order valence-electron chi connectivity index (χ1n) is 17.9. The second-order valence-electron chi connectivity index (χ2n) is 13.6. The van der Waals surface area contributed by atoms with Gasteiger partial charge in [-0.05, 0) is 41.0 Å². The molecule has 9 heteroatoms. The van der Waals surface area contributed by atoms with Gasteiger partial charge in [-0.1, -0.05) is 121 Å². The van der Waals surface area contributed by atoms with Gasteiger partial charge in [-0.25, -0.2) is 0 Å². The fourth-order valence-corrected chi connectivity index (χ4v) is 7.29. The maximum Gasteiger partial charge on any atom is 0.115 e. The third-order valence-corrected chi connectivity index (χ3v) is 10.1. The van der Waals surface area contributed by atoms with Crippen molar-refractivity contribution < 1.29 is 44.1 Å². The largest absolute Gasteiger partial charge is 0.396 e. The molecular formula is C42H50O9. The monoisotopic (exact) mass is 698 g/mol. The molecule has 0 radical (unpaired) electrons. The first-order chi connectivity index (χ1) is 25.0. The van der Waals surface area contributed by atoms with E-state index in [1.54, 1.807) is 0 Å². The molecule has 0 aromatic heterocycles. The number of hydrogen-bond donors (Lipinski definition) is 4. The minimum absolute atomic E-state index is 0.188. The third-order valence-electron chi connectivity index (χ3n) is 10.1. The van der Waals surface area contributed by atoms with Crippen molar-refractivity contribution in [2.45, 2.75) is 88.1 Å². The Morgan fingerprint density at radius 3 is 1.43 bits per heavy atom. The van der Waals surface area contributed by atoms with Crippen LogP contribution in [0.25, 0.3) is 0 Å². The first-order valence-corrected chi connectivity index (χ1v) is 17.9. The average molecular weight is 699 g/mol. The van der Waals surface area contributed by atoms with Crippen LogP contribution < -0.4 is 0 Å². The number of aliphatic hydroxyl groups excluding tert-OH is 4. The smallest absolute Gasteiger partial charge is 0.115 e. The van der Waals surface area contributed by atoms with E-state index in [9.17, 15) is 20.4 Å². The molecule has 2 fully saturated rings. The quantitative estimate of drug-likeness (QED) is 0.130. The highest BCUT2D eigenvalue weighted by Gasteiger charge is 2.51. The highest BCUT2D eigenvalue weighted by Crippen LogP contribution is 2.39. The number of rotatable bonds is 16. The van der Waals surface area contributed by atoms with Crippen molar-refractivity contribution in [3.05, 3.63) is 144 Å².